The van der Waals surface area contributed by atoms with Crippen LogP contribution >= 0.6 is 39.1 Å². The lowest BCUT2D eigenvalue weighted by Gasteiger charge is -2.28. The Morgan fingerprint density at radius 1 is 1.07 bits per heavy atom. The molecule has 4 N–H and O–H groups in total. The minimum atomic E-state index is -1.15. The molecule has 2 amide bonds. The van der Waals surface area contributed by atoms with Gasteiger partial charge in [0.05, 0.1) is 46.1 Å². The molecule has 2 atom stereocenters. The van der Waals surface area contributed by atoms with Crippen LogP contribution in [0.2, 0.25) is 10.0 Å². The van der Waals surface area contributed by atoms with Crippen molar-refractivity contribution in [3.8, 4) is 17.2 Å². The van der Waals surface area contributed by atoms with Crippen LogP contribution in [0.25, 0.3) is 0 Å². The standard InChI is InChI=1S/C31H31BrCl2N4O7/c1-4-43-26-13-20(29-28(30(40)42-3)17(2)36-31(41)37-29)7-10-25(26)45-16-27(39)38-35-14-18-6-9-24(21(32)11-18)44-15-19-5-8-22(33)23(34)12-19/h5-14,27,29,38-39H,4,15-16H2,1-3H3,(H2,36,37,41)/b35-14-/t27-,29+/m0/s1. The number of hydrogen-bond donors (Lipinski definition) is 4. The van der Waals surface area contributed by atoms with Crippen molar-refractivity contribution in [2.24, 2.45) is 5.10 Å². The highest BCUT2D eigenvalue weighted by Gasteiger charge is 2.32. The van der Waals surface area contributed by atoms with Crippen LogP contribution in [-0.4, -0.2) is 49.9 Å². The van der Waals surface area contributed by atoms with Gasteiger partial charge in [0.2, 0.25) is 0 Å². The van der Waals surface area contributed by atoms with Crippen molar-refractivity contribution in [3.63, 3.8) is 0 Å². The predicted molar refractivity (Wildman–Crippen MR) is 174 cm³/mol. The molecule has 3 aromatic carbocycles. The third-order valence-corrected chi connectivity index (χ3v) is 7.80. The molecule has 1 heterocycles. The number of amides is 2. The molecule has 0 saturated carbocycles. The highest BCUT2D eigenvalue weighted by atomic mass is 79.9. The second-order valence-corrected chi connectivity index (χ2v) is 11.3. The fraction of sp³-hybridized carbons (Fsp3) is 0.258. The molecule has 11 nitrogen and oxygen atoms in total. The van der Waals surface area contributed by atoms with Gasteiger partial charge in [0.15, 0.2) is 17.7 Å². The van der Waals surface area contributed by atoms with Crippen molar-refractivity contribution in [1.82, 2.24) is 16.1 Å². The lowest BCUT2D eigenvalue weighted by atomic mass is 9.95. The van der Waals surface area contributed by atoms with E-state index >= 15 is 0 Å². The summed E-state index contributed by atoms with van der Waals surface area (Å²) in [6.45, 7) is 3.92. The van der Waals surface area contributed by atoms with E-state index in [4.69, 9.17) is 42.1 Å². The van der Waals surface area contributed by atoms with Crippen LogP contribution in [0.4, 0.5) is 4.79 Å². The molecule has 3 aromatic rings. The van der Waals surface area contributed by atoms with Crippen LogP contribution in [0.5, 0.6) is 17.2 Å². The number of halogens is 3. The zero-order valence-corrected chi connectivity index (χ0v) is 27.6. The number of methoxy groups -OCH3 is 1. The van der Waals surface area contributed by atoms with Gasteiger partial charge in [0.1, 0.15) is 19.0 Å². The number of hydrogen-bond acceptors (Lipinski definition) is 9. The third-order valence-electron chi connectivity index (χ3n) is 6.44. The van der Waals surface area contributed by atoms with E-state index in [2.05, 4.69) is 37.1 Å². The number of ether oxygens (including phenoxy) is 4. The molecule has 4 rings (SSSR count). The van der Waals surface area contributed by atoms with E-state index in [1.54, 1.807) is 49.5 Å². The smallest absolute Gasteiger partial charge is 0.337 e. The van der Waals surface area contributed by atoms with Gasteiger partial charge in [-0.15, -0.1) is 0 Å². The maximum absolute atomic E-state index is 12.4. The first kappa shape index (κ1) is 33.9. The quantitative estimate of drug-likeness (QED) is 0.0746. The second kappa shape index (κ2) is 15.8. The fourth-order valence-corrected chi connectivity index (χ4v) is 5.16. The number of nitrogens with one attached hydrogen (secondary N) is 3. The van der Waals surface area contributed by atoms with Crippen molar-refractivity contribution in [3.05, 3.63) is 97.1 Å². The monoisotopic (exact) mass is 720 g/mol. The summed E-state index contributed by atoms with van der Waals surface area (Å²) in [6, 6.07) is 14.5. The van der Waals surface area contributed by atoms with E-state index in [9.17, 15) is 14.7 Å². The number of esters is 1. The van der Waals surface area contributed by atoms with E-state index in [1.165, 1.54) is 7.11 Å². The number of nitrogens with zero attached hydrogens (tertiary/aromatic N) is 1. The number of allylic oxidation sites excluding steroid dienone is 1. The van der Waals surface area contributed by atoms with Gasteiger partial charge in [0, 0.05) is 5.70 Å². The first-order valence-corrected chi connectivity index (χ1v) is 15.2. The van der Waals surface area contributed by atoms with Crippen LogP contribution in [0.3, 0.4) is 0 Å². The highest BCUT2D eigenvalue weighted by Crippen LogP contribution is 2.35. The molecule has 0 bridgehead atoms. The van der Waals surface area contributed by atoms with Crippen LogP contribution < -0.4 is 30.3 Å². The first-order chi connectivity index (χ1) is 21.6. The van der Waals surface area contributed by atoms with Crippen molar-refractivity contribution in [1.29, 1.82) is 0 Å². The molecule has 45 heavy (non-hydrogen) atoms. The van der Waals surface area contributed by atoms with Crippen molar-refractivity contribution in [2.45, 2.75) is 32.7 Å². The van der Waals surface area contributed by atoms with Gasteiger partial charge in [0.25, 0.3) is 0 Å². The lowest BCUT2D eigenvalue weighted by Crippen LogP contribution is -2.45. The average molecular weight is 722 g/mol. The number of carbonyl (C=O) groups excluding carboxylic acids is 2. The number of rotatable bonds is 13. The molecule has 1 aliphatic rings. The Morgan fingerprint density at radius 3 is 2.56 bits per heavy atom. The maximum Gasteiger partial charge on any atom is 0.337 e. The van der Waals surface area contributed by atoms with Gasteiger partial charge in [-0.05, 0) is 88.9 Å². The van der Waals surface area contributed by atoms with Gasteiger partial charge in [-0.25, -0.2) is 9.59 Å². The Kier molecular flexibility index (Phi) is 11.9. The third kappa shape index (κ3) is 9.04. The van der Waals surface area contributed by atoms with E-state index in [1.807, 2.05) is 25.1 Å². The average Bonchev–Trinajstić information content (AvgIpc) is 3.01. The molecular weight excluding hydrogens is 691 g/mol. The number of aliphatic hydroxyl groups excluding tert-OH is 1. The predicted octanol–water partition coefficient (Wildman–Crippen LogP) is 5.86. The molecular formula is C31H31BrCl2N4O7. The number of benzene rings is 3. The van der Waals surface area contributed by atoms with Crippen molar-refractivity contribution < 1.29 is 33.6 Å². The lowest BCUT2D eigenvalue weighted by molar-refractivity contribution is -0.136. The zero-order valence-electron chi connectivity index (χ0n) is 24.5. The van der Waals surface area contributed by atoms with E-state index in [0.717, 1.165) is 15.6 Å². The number of hydrazone groups is 1. The second-order valence-electron chi connectivity index (χ2n) is 9.64. The molecule has 0 unspecified atom stereocenters. The van der Waals surface area contributed by atoms with Crippen molar-refractivity contribution >= 4 is 57.3 Å². The summed E-state index contributed by atoms with van der Waals surface area (Å²) in [4.78, 5) is 24.6. The molecule has 1 aliphatic heterocycles. The molecule has 14 heteroatoms. The van der Waals surface area contributed by atoms with E-state index in [0.29, 0.717) is 51.8 Å². The molecule has 0 saturated heterocycles. The van der Waals surface area contributed by atoms with Crippen LogP contribution in [-0.2, 0) is 16.1 Å². The minimum Gasteiger partial charge on any atom is -0.490 e. The van der Waals surface area contributed by atoms with Gasteiger partial charge in [-0.2, -0.15) is 5.10 Å². The number of aliphatic hydroxyl groups is 1. The molecule has 0 fully saturated rings. The number of carbonyl (C=O) groups is 2. The summed E-state index contributed by atoms with van der Waals surface area (Å²) in [5, 5.41) is 20.8. The Morgan fingerprint density at radius 2 is 1.84 bits per heavy atom. The molecule has 0 aromatic heterocycles. The van der Waals surface area contributed by atoms with Gasteiger partial charge in [-0.3, -0.25) is 5.43 Å². The Bertz CT molecular complexity index is 1620. The van der Waals surface area contributed by atoms with E-state index in [-0.39, 0.29) is 12.2 Å². The Hall–Kier alpha value is -3.97. The van der Waals surface area contributed by atoms with Gasteiger partial charge < -0.3 is 34.7 Å². The summed E-state index contributed by atoms with van der Waals surface area (Å²) in [6.07, 6.45) is 0.395. The van der Waals surface area contributed by atoms with Crippen LogP contribution in [0.15, 0.2) is 75.4 Å². The number of urea groups is 1. The minimum absolute atomic E-state index is 0.154. The summed E-state index contributed by atoms with van der Waals surface area (Å²) < 4.78 is 23.0. The molecule has 0 radical (unpaired) electrons. The first-order valence-electron chi connectivity index (χ1n) is 13.7. The summed E-state index contributed by atoms with van der Waals surface area (Å²) in [5.74, 6) is 0.776. The van der Waals surface area contributed by atoms with Crippen LogP contribution in [0, 0.1) is 0 Å². The highest BCUT2D eigenvalue weighted by molar-refractivity contribution is 9.10. The maximum atomic E-state index is 12.4. The summed E-state index contributed by atoms with van der Waals surface area (Å²) in [7, 11) is 1.27. The van der Waals surface area contributed by atoms with Gasteiger partial charge >= 0.3 is 12.0 Å². The molecule has 238 valence electrons. The van der Waals surface area contributed by atoms with E-state index < -0.39 is 24.3 Å². The van der Waals surface area contributed by atoms with Crippen LogP contribution in [0.1, 0.15) is 36.6 Å². The topological polar surface area (TPSA) is 140 Å². The molecule has 0 spiro atoms. The Balaban J connectivity index is 1.34. The normalized spacial score (nSPS) is 15.3. The Labute approximate surface area is 278 Å². The SMILES string of the molecule is CCOc1cc([C@H]2NC(=O)NC(C)=C2C(=O)OC)ccc1OC[C@H](O)N/N=C\c1ccc(OCc2ccc(Cl)c(Cl)c2)c(Br)c1. The summed E-state index contributed by atoms with van der Waals surface area (Å²) in [5.41, 5.74) is 5.48. The molecule has 0 aliphatic carbocycles. The summed E-state index contributed by atoms with van der Waals surface area (Å²) >= 11 is 15.5. The fourth-order valence-electron chi connectivity index (χ4n) is 4.32. The van der Waals surface area contributed by atoms with Crippen molar-refractivity contribution in [2.75, 3.05) is 20.3 Å². The largest absolute Gasteiger partial charge is 0.490 e. The van der Waals surface area contributed by atoms with Gasteiger partial charge in [-0.1, -0.05) is 35.3 Å². The zero-order chi connectivity index (χ0) is 32.5.